The summed E-state index contributed by atoms with van der Waals surface area (Å²) < 4.78 is 2.16. The molecule has 0 saturated heterocycles. The van der Waals surface area contributed by atoms with E-state index in [1.165, 1.54) is 0 Å². The molecule has 0 fully saturated rings. The topological polar surface area (TPSA) is 107 Å². The zero-order valence-corrected chi connectivity index (χ0v) is 25.8. The summed E-state index contributed by atoms with van der Waals surface area (Å²) in [6.07, 6.45) is 0. The van der Waals surface area contributed by atoms with Crippen LogP contribution in [0, 0.1) is 45.3 Å². The standard InChI is InChI=1S/C41H25N7/c1-46-40-16-14-36(47(32-10-2-6-28(18-32)24-42)33-11-3-7-29(19-33)25-43)22-38(40)39-23-37(15-17-41(39)46)48(34-12-4-8-30(20-34)26-44)35-13-5-9-31(21-35)27-45/h2-23H,1H3. The Morgan fingerprint density at radius 3 is 0.979 bits per heavy atom. The first-order valence-corrected chi connectivity index (χ1v) is 15.1. The van der Waals surface area contributed by atoms with Gasteiger partial charge in [-0.25, -0.2) is 0 Å². The van der Waals surface area contributed by atoms with Crippen molar-refractivity contribution in [3.63, 3.8) is 0 Å². The van der Waals surface area contributed by atoms with E-state index in [-0.39, 0.29) is 0 Å². The highest BCUT2D eigenvalue weighted by molar-refractivity contribution is 6.11. The number of benzene rings is 6. The molecule has 7 heteroatoms. The van der Waals surface area contributed by atoms with Gasteiger partial charge in [-0.3, -0.25) is 0 Å². The molecule has 0 aliphatic rings. The number of nitriles is 4. The van der Waals surface area contributed by atoms with Gasteiger partial charge in [0.05, 0.1) is 46.5 Å². The van der Waals surface area contributed by atoms with Gasteiger partial charge in [-0.05, 0) is 109 Å². The van der Waals surface area contributed by atoms with Crippen molar-refractivity contribution in [2.75, 3.05) is 9.80 Å². The Morgan fingerprint density at radius 2 is 0.688 bits per heavy atom. The lowest BCUT2D eigenvalue weighted by molar-refractivity contribution is 1.01. The maximum absolute atomic E-state index is 9.67. The minimum Gasteiger partial charge on any atom is -0.344 e. The monoisotopic (exact) mass is 615 g/mol. The van der Waals surface area contributed by atoms with Crippen LogP contribution in [0.25, 0.3) is 21.8 Å². The number of rotatable bonds is 6. The van der Waals surface area contributed by atoms with E-state index in [0.717, 1.165) is 55.9 Å². The first kappa shape index (κ1) is 29.4. The number of nitrogens with zero attached hydrogens (tertiary/aromatic N) is 7. The van der Waals surface area contributed by atoms with Gasteiger partial charge in [0.15, 0.2) is 0 Å². The second-order valence-corrected chi connectivity index (χ2v) is 11.3. The van der Waals surface area contributed by atoms with Crippen molar-refractivity contribution in [2.24, 2.45) is 7.05 Å². The predicted molar refractivity (Wildman–Crippen MR) is 189 cm³/mol. The average Bonchev–Trinajstić information content (AvgIpc) is 3.42. The summed E-state index contributed by atoms with van der Waals surface area (Å²) in [6, 6.07) is 51.2. The lowest BCUT2D eigenvalue weighted by Crippen LogP contribution is -2.10. The maximum atomic E-state index is 9.67. The highest BCUT2D eigenvalue weighted by atomic mass is 15.1. The van der Waals surface area contributed by atoms with Crippen molar-refractivity contribution >= 4 is 55.9 Å². The third kappa shape index (κ3) is 5.21. The fraction of sp³-hybridized carbons (Fsp3) is 0.0244. The van der Waals surface area contributed by atoms with Gasteiger partial charge >= 0.3 is 0 Å². The normalized spacial score (nSPS) is 10.5. The molecule has 0 unspecified atom stereocenters. The minimum absolute atomic E-state index is 0.533. The van der Waals surface area contributed by atoms with Crippen molar-refractivity contribution in [2.45, 2.75) is 0 Å². The van der Waals surface area contributed by atoms with Gasteiger partial charge in [0.2, 0.25) is 0 Å². The molecule has 0 amide bonds. The predicted octanol–water partition coefficient (Wildman–Crippen LogP) is 9.76. The molecule has 0 atom stereocenters. The zero-order chi connectivity index (χ0) is 33.2. The smallest absolute Gasteiger partial charge is 0.0992 e. The van der Waals surface area contributed by atoms with Crippen LogP contribution in [0.3, 0.4) is 0 Å². The highest BCUT2D eigenvalue weighted by Gasteiger charge is 2.19. The van der Waals surface area contributed by atoms with Crippen molar-refractivity contribution in [1.29, 1.82) is 21.0 Å². The van der Waals surface area contributed by atoms with Crippen LogP contribution in [0.4, 0.5) is 34.1 Å². The summed E-state index contributed by atoms with van der Waals surface area (Å²) in [7, 11) is 2.04. The lowest BCUT2D eigenvalue weighted by Gasteiger charge is -2.26. The van der Waals surface area contributed by atoms with Crippen molar-refractivity contribution in [3.8, 4) is 24.3 Å². The van der Waals surface area contributed by atoms with Gasteiger partial charge in [-0.15, -0.1) is 0 Å². The molecule has 7 nitrogen and oxygen atoms in total. The van der Waals surface area contributed by atoms with Gasteiger partial charge in [0.25, 0.3) is 0 Å². The molecule has 224 valence electrons. The van der Waals surface area contributed by atoms with E-state index < -0.39 is 0 Å². The molecule has 48 heavy (non-hydrogen) atoms. The Kier molecular flexibility index (Phi) is 7.49. The van der Waals surface area contributed by atoms with E-state index in [0.29, 0.717) is 22.3 Å². The molecule has 6 aromatic carbocycles. The lowest BCUT2D eigenvalue weighted by atomic mass is 10.1. The number of aromatic nitrogens is 1. The van der Waals surface area contributed by atoms with E-state index in [9.17, 15) is 21.0 Å². The molecule has 0 saturated carbocycles. The van der Waals surface area contributed by atoms with Crippen molar-refractivity contribution in [3.05, 3.63) is 156 Å². The van der Waals surface area contributed by atoms with Crippen LogP contribution >= 0.6 is 0 Å². The van der Waals surface area contributed by atoms with Crippen LogP contribution in [-0.2, 0) is 7.05 Å². The summed E-state index contributed by atoms with van der Waals surface area (Å²) >= 11 is 0. The number of hydrogen-bond acceptors (Lipinski definition) is 6. The van der Waals surface area contributed by atoms with Gasteiger partial charge in [0, 0.05) is 63.0 Å². The largest absolute Gasteiger partial charge is 0.344 e. The second kappa shape index (κ2) is 12.2. The van der Waals surface area contributed by atoms with Gasteiger partial charge < -0.3 is 14.4 Å². The van der Waals surface area contributed by atoms with Crippen LogP contribution < -0.4 is 9.80 Å². The third-order valence-corrected chi connectivity index (χ3v) is 8.42. The average molecular weight is 616 g/mol. The Balaban J connectivity index is 1.45. The van der Waals surface area contributed by atoms with Crippen molar-refractivity contribution < 1.29 is 0 Å². The Morgan fingerprint density at radius 1 is 0.396 bits per heavy atom. The van der Waals surface area contributed by atoms with Crippen LogP contribution in [0.5, 0.6) is 0 Å². The first-order chi connectivity index (χ1) is 23.5. The Hall–Kier alpha value is -7.32. The zero-order valence-electron chi connectivity index (χ0n) is 25.8. The SMILES string of the molecule is Cn1c2ccc(N(c3cccc(C#N)c3)c3cccc(C#N)c3)cc2c2cc(N(c3cccc(C#N)c3)c3cccc(C#N)c3)ccc21. The van der Waals surface area contributed by atoms with E-state index in [1.807, 2.05) is 92.0 Å². The Labute approximate surface area is 277 Å². The molecule has 7 aromatic rings. The van der Waals surface area contributed by atoms with Gasteiger partial charge in [0.1, 0.15) is 0 Å². The van der Waals surface area contributed by atoms with E-state index in [4.69, 9.17) is 0 Å². The first-order valence-electron chi connectivity index (χ1n) is 15.1. The molecule has 0 N–H and O–H groups in total. The summed E-state index contributed by atoms with van der Waals surface area (Å²) in [5, 5.41) is 40.7. The summed E-state index contributed by atoms with van der Waals surface area (Å²) in [6.45, 7) is 0. The number of anilines is 6. The molecule has 7 rings (SSSR count). The molecule has 0 radical (unpaired) electrons. The molecule has 0 bridgehead atoms. The number of fused-ring (bicyclic) bond motifs is 3. The van der Waals surface area contributed by atoms with E-state index in [2.05, 4.69) is 62.9 Å². The summed E-state index contributed by atoms with van der Waals surface area (Å²) in [4.78, 5) is 4.10. The molecule has 0 spiro atoms. The Bertz CT molecular complexity index is 2260. The molecule has 1 aromatic heterocycles. The molecular formula is C41H25N7. The number of aryl methyl sites for hydroxylation is 1. The van der Waals surface area contributed by atoms with Crippen molar-refractivity contribution in [1.82, 2.24) is 4.57 Å². The van der Waals surface area contributed by atoms with E-state index >= 15 is 0 Å². The molecule has 1 heterocycles. The fourth-order valence-electron chi connectivity index (χ4n) is 6.23. The summed E-state index contributed by atoms with van der Waals surface area (Å²) in [5.74, 6) is 0. The van der Waals surface area contributed by atoms with Crippen LogP contribution in [0.1, 0.15) is 22.3 Å². The van der Waals surface area contributed by atoms with Crippen LogP contribution in [0.2, 0.25) is 0 Å². The fourth-order valence-corrected chi connectivity index (χ4v) is 6.23. The van der Waals surface area contributed by atoms with Gasteiger partial charge in [-0.1, -0.05) is 24.3 Å². The third-order valence-electron chi connectivity index (χ3n) is 8.42. The van der Waals surface area contributed by atoms with Gasteiger partial charge in [-0.2, -0.15) is 21.0 Å². The minimum atomic E-state index is 0.533. The quantitative estimate of drug-likeness (QED) is 0.184. The molecule has 0 aliphatic heterocycles. The molecule has 0 aliphatic carbocycles. The summed E-state index contributed by atoms with van der Waals surface area (Å²) in [5.41, 5.74) is 9.12. The second-order valence-electron chi connectivity index (χ2n) is 11.3. The highest BCUT2D eigenvalue weighted by Crippen LogP contribution is 2.42. The molecular weight excluding hydrogens is 591 g/mol. The van der Waals surface area contributed by atoms with Crippen LogP contribution in [0.15, 0.2) is 133 Å². The van der Waals surface area contributed by atoms with Crippen LogP contribution in [-0.4, -0.2) is 4.57 Å². The van der Waals surface area contributed by atoms with E-state index in [1.54, 1.807) is 24.3 Å². The maximum Gasteiger partial charge on any atom is 0.0992 e. The number of hydrogen-bond donors (Lipinski definition) is 0.